The van der Waals surface area contributed by atoms with E-state index in [1.54, 1.807) is 13.2 Å². The molecule has 0 bridgehead atoms. The Balaban J connectivity index is 1.75. The Morgan fingerprint density at radius 3 is 3.14 bits per heavy atom. The molecule has 0 fully saturated rings. The van der Waals surface area contributed by atoms with E-state index >= 15 is 0 Å². The first kappa shape index (κ1) is 14.1. The number of methoxy groups -OCH3 is 1. The number of amides is 1. The zero-order valence-corrected chi connectivity index (χ0v) is 12.3. The maximum atomic E-state index is 12.2. The van der Waals surface area contributed by atoms with Gasteiger partial charge in [0.2, 0.25) is 0 Å². The number of hydrogen-bond acceptors (Lipinski definition) is 4. The van der Waals surface area contributed by atoms with Crippen LogP contribution in [0.15, 0.2) is 34.9 Å². The van der Waals surface area contributed by atoms with Gasteiger partial charge in [0.25, 0.3) is 5.91 Å². The Bertz CT molecular complexity index is 656. The van der Waals surface area contributed by atoms with Gasteiger partial charge in [0.15, 0.2) is 11.5 Å². The predicted octanol–water partition coefficient (Wildman–Crippen LogP) is 2.46. The van der Waals surface area contributed by atoms with Gasteiger partial charge in [-0.15, -0.1) is 11.6 Å². The average molecular weight is 307 g/mol. The lowest BCUT2D eigenvalue weighted by Gasteiger charge is -2.16. The molecule has 0 aliphatic heterocycles. The summed E-state index contributed by atoms with van der Waals surface area (Å²) in [6, 6.07) is 9.30. The number of nitrogens with zero attached hydrogens (tertiary/aromatic N) is 1. The van der Waals surface area contributed by atoms with E-state index in [4.69, 9.17) is 20.9 Å². The van der Waals surface area contributed by atoms with E-state index < -0.39 is 0 Å². The first-order chi connectivity index (χ1) is 10.2. The molecular formula is C15H15ClN2O3. The topological polar surface area (TPSA) is 64.4 Å². The van der Waals surface area contributed by atoms with Crippen molar-refractivity contribution in [2.24, 2.45) is 0 Å². The second-order valence-electron chi connectivity index (χ2n) is 4.98. The fraction of sp³-hybridized carbons (Fsp3) is 0.333. The molecule has 0 radical (unpaired) electrons. The van der Waals surface area contributed by atoms with Crippen molar-refractivity contribution < 1.29 is 14.1 Å². The molecule has 5 nitrogen and oxygen atoms in total. The Morgan fingerprint density at radius 1 is 1.52 bits per heavy atom. The normalized spacial score (nSPS) is 20.3. The van der Waals surface area contributed by atoms with Gasteiger partial charge in [-0.2, -0.15) is 0 Å². The second kappa shape index (κ2) is 5.87. The SMILES string of the molecule is COCc1cc(C(=O)NC2c3ccccc3CC2Cl)no1. The summed E-state index contributed by atoms with van der Waals surface area (Å²) in [6.45, 7) is 0.282. The number of alkyl halides is 1. The third-order valence-corrected chi connectivity index (χ3v) is 3.94. The fourth-order valence-corrected chi connectivity index (χ4v) is 2.92. The highest BCUT2D eigenvalue weighted by Gasteiger charge is 2.32. The number of rotatable bonds is 4. The Hall–Kier alpha value is -1.85. The highest BCUT2D eigenvalue weighted by atomic mass is 35.5. The summed E-state index contributed by atoms with van der Waals surface area (Å²) >= 11 is 6.35. The number of halogens is 1. The summed E-state index contributed by atoms with van der Waals surface area (Å²) in [5, 5.41) is 6.51. The third kappa shape index (κ3) is 2.80. The third-order valence-electron chi connectivity index (χ3n) is 3.53. The summed E-state index contributed by atoms with van der Waals surface area (Å²) in [4.78, 5) is 12.2. The predicted molar refractivity (Wildman–Crippen MR) is 77.2 cm³/mol. The van der Waals surface area contributed by atoms with Crippen LogP contribution in [0.5, 0.6) is 0 Å². The number of aromatic nitrogens is 1. The Morgan fingerprint density at radius 2 is 2.33 bits per heavy atom. The van der Waals surface area contributed by atoms with Crippen LogP contribution in [-0.4, -0.2) is 23.6 Å². The van der Waals surface area contributed by atoms with Crippen LogP contribution >= 0.6 is 11.6 Å². The molecule has 0 saturated heterocycles. The Kier molecular flexibility index (Phi) is 3.94. The van der Waals surface area contributed by atoms with Gasteiger partial charge in [0, 0.05) is 13.2 Å². The molecular weight excluding hydrogens is 292 g/mol. The lowest BCUT2D eigenvalue weighted by Crippen LogP contribution is -2.32. The van der Waals surface area contributed by atoms with Crippen molar-refractivity contribution in [3.8, 4) is 0 Å². The van der Waals surface area contributed by atoms with E-state index in [0.29, 0.717) is 5.76 Å². The standard InChI is InChI=1S/C15H15ClN2O3/c1-20-8-10-7-13(18-21-10)15(19)17-14-11-5-3-2-4-9(11)6-12(14)16/h2-5,7,12,14H,6,8H2,1H3,(H,17,19). The van der Waals surface area contributed by atoms with Crippen molar-refractivity contribution in [3.05, 3.63) is 52.9 Å². The summed E-state index contributed by atoms with van der Waals surface area (Å²) in [5.74, 6) is 0.213. The number of benzene rings is 1. The van der Waals surface area contributed by atoms with Crippen LogP contribution in [-0.2, 0) is 17.8 Å². The smallest absolute Gasteiger partial charge is 0.274 e. The number of nitrogens with one attached hydrogen (secondary N) is 1. The van der Waals surface area contributed by atoms with Gasteiger partial charge in [-0.1, -0.05) is 29.4 Å². The van der Waals surface area contributed by atoms with Crippen LogP contribution in [0.2, 0.25) is 0 Å². The molecule has 1 aliphatic rings. The van der Waals surface area contributed by atoms with Crippen LogP contribution in [0.4, 0.5) is 0 Å². The van der Waals surface area contributed by atoms with Crippen molar-refractivity contribution in [2.75, 3.05) is 7.11 Å². The Labute approximate surface area is 127 Å². The zero-order chi connectivity index (χ0) is 14.8. The molecule has 2 atom stereocenters. The summed E-state index contributed by atoms with van der Waals surface area (Å²) < 4.78 is 9.95. The molecule has 1 aliphatic carbocycles. The number of ether oxygens (including phenoxy) is 1. The molecule has 0 spiro atoms. The van der Waals surface area contributed by atoms with Gasteiger partial charge in [-0.3, -0.25) is 4.79 Å². The molecule has 1 aromatic heterocycles. The molecule has 6 heteroatoms. The van der Waals surface area contributed by atoms with Crippen LogP contribution in [0.3, 0.4) is 0 Å². The number of hydrogen-bond donors (Lipinski definition) is 1. The van der Waals surface area contributed by atoms with Gasteiger partial charge in [0.1, 0.15) is 6.61 Å². The lowest BCUT2D eigenvalue weighted by atomic mass is 10.1. The molecule has 2 unspecified atom stereocenters. The van der Waals surface area contributed by atoms with E-state index in [1.165, 1.54) is 5.56 Å². The molecule has 3 rings (SSSR count). The summed E-state index contributed by atoms with van der Waals surface area (Å²) in [7, 11) is 1.55. The maximum absolute atomic E-state index is 12.2. The number of fused-ring (bicyclic) bond motifs is 1. The van der Waals surface area contributed by atoms with E-state index in [9.17, 15) is 4.79 Å². The molecule has 0 saturated carbocycles. The molecule has 2 aromatic rings. The molecule has 1 N–H and O–H groups in total. The molecule has 1 aromatic carbocycles. The molecule has 1 amide bonds. The first-order valence-corrected chi connectivity index (χ1v) is 7.10. The van der Waals surface area contributed by atoms with Gasteiger partial charge in [-0.05, 0) is 17.5 Å². The van der Waals surface area contributed by atoms with Crippen LogP contribution in [0.1, 0.15) is 33.4 Å². The van der Waals surface area contributed by atoms with Gasteiger partial charge >= 0.3 is 0 Å². The van der Waals surface area contributed by atoms with Crippen LogP contribution < -0.4 is 5.32 Å². The van der Waals surface area contributed by atoms with E-state index in [0.717, 1.165) is 12.0 Å². The number of carbonyl (C=O) groups is 1. The van der Waals surface area contributed by atoms with Crippen LogP contribution in [0.25, 0.3) is 0 Å². The van der Waals surface area contributed by atoms with Gasteiger partial charge in [-0.25, -0.2) is 0 Å². The minimum atomic E-state index is -0.298. The van der Waals surface area contributed by atoms with E-state index in [1.807, 2.05) is 24.3 Å². The monoisotopic (exact) mass is 306 g/mol. The number of carbonyl (C=O) groups excluding carboxylic acids is 1. The molecule has 110 valence electrons. The summed E-state index contributed by atoms with van der Waals surface area (Å²) in [6.07, 6.45) is 0.746. The van der Waals surface area contributed by atoms with Gasteiger partial charge in [0.05, 0.1) is 11.4 Å². The van der Waals surface area contributed by atoms with Crippen molar-refractivity contribution in [3.63, 3.8) is 0 Å². The van der Waals surface area contributed by atoms with Crippen molar-refractivity contribution in [1.82, 2.24) is 10.5 Å². The largest absolute Gasteiger partial charge is 0.377 e. The highest BCUT2D eigenvalue weighted by Crippen LogP contribution is 2.34. The van der Waals surface area contributed by atoms with E-state index in [2.05, 4.69) is 10.5 Å². The van der Waals surface area contributed by atoms with Crippen molar-refractivity contribution in [1.29, 1.82) is 0 Å². The zero-order valence-electron chi connectivity index (χ0n) is 11.5. The van der Waals surface area contributed by atoms with Crippen molar-refractivity contribution in [2.45, 2.75) is 24.4 Å². The first-order valence-electron chi connectivity index (χ1n) is 6.66. The van der Waals surface area contributed by atoms with Crippen molar-refractivity contribution >= 4 is 17.5 Å². The summed E-state index contributed by atoms with van der Waals surface area (Å²) in [5.41, 5.74) is 2.46. The lowest BCUT2D eigenvalue weighted by molar-refractivity contribution is 0.0927. The van der Waals surface area contributed by atoms with Crippen LogP contribution in [0, 0.1) is 0 Å². The maximum Gasteiger partial charge on any atom is 0.274 e. The molecule has 21 heavy (non-hydrogen) atoms. The quantitative estimate of drug-likeness (QED) is 0.881. The minimum absolute atomic E-state index is 0.156. The second-order valence-corrected chi connectivity index (χ2v) is 5.54. The molecule has 1 heterocycles. The van der Waals surface area contributed by atoms with E-state index in [-0.39, 0.29) is 29.6 Å². The van der Waals surface area contributed by atoms with Gasteiger partial charge < -0.3 is 14.6 Å². The highest BCUT2D eigenvalue weighted by molar-refractivity contribution is 6.21. The minimum Gasteiger partial charge on any atom is -0.377 e. The fourth-order valence-electron chi connectivity index (χ4n) is 2.56. The average Bonchev–Trinajstić information content (AvgIpc) is 3.05.